The van der Waals surface area contributed by atoms with Crippen molar-refractivity contribution < 1.29 is 13.9 Å². The van der Waals surface area contributed by atoms with Gasteiger partial charge in [0.2, 0.25) is 0 Å². The monoisotopic (exact) mass is 336 g/mol. The van der Waals surface area contributed by atoms with Crippen molar-refractivity contribution in [3.05, 3.63) is 63.4 Å². The average molecular weight is 337 g/mol. The number of benzene rings is 2. The molecule has 0 spiro atoms. The topological polar surface area (TPSA) is 26.3 Å². The lowest BCUT2D eigenvalue weighted by Gasteiger charge is -2.10. The lowest BCUT2D eigenvalue weighted by molar-refractivity contribution is 0.0991. The van der Waals surface area contributed by atoms with Crippen LogP contribution in [0.3, 0.4) is 0 Å². The van der Waals surface area contributed by atoms with Crippen LogP contribution in [0.5, 0.6) is 5.75 Å². The van der Waals surface area contributed by atoms with Gasteiger partial charge in [0.15, 0.2) is 5.78 Å². The van der Waals surface area contributed by atoms with Crippen molar-refractivity contribution in [3.8, 4) is 5.75 Å². The molecule has 0 amide bonds. The Kier molecular flexibility index (Phi) is 4.55. The Balaban J connectivity index is 2.32. The second-order valence-electron chi connectivity index (χ2n) is 4.54. The van der Waals surface area contributed by atoms with Crippen molar-refractivity contribution in [1.29, 1.82) is 0 Å². The maximum Gasteiger partial charge on any atom is 0.168 e. The van der Waals surface area contributed by atoms with Crippen LogP contribution in [0.25, 0.3) is 0 Å². The first kappa shape index (κ1) is 14.7. The second kappa shape index (κ2) is 6.18. The van der Waals surface area contributed by atoms with E-state index in [1.165, 1.54) is 18.2 Å². The number of halogens is 2. The Labute approximate surface area is 125 Å². The highest BCUT2D eigenvalue weighted by molar-refractivity contribution is 9.10. The van der Waals surface area contributed by atoms with Crippen molar-refractivity contribution >= 4 is 21.7 Å². The summed E-state index contributed by atoms with van der Waals surface area (Å²) in [7, 11) is 1.57. The third-order valence-corrected chi connectivity index (χ3v) is 3.71. The van der Waals surface area contributed by atoms with Crippen LogP contribution in [-0.2, 0) is 6.42 Å². The van der Waals surface area contributed by atoms with Crippen molar-refractivity contribution in [2.45, 2.75) is 13.3 Å². The summed E-state index contributed by atoms with van der Waals surface area (Å²) in [6.45, 7) is 1.95. The molecule has 0 atom stereocenters. The number of Topliss-reactive ketones (excluding diaryl/α,β-unsaturated/α-hetero) is 1. The Hall–Kier alpha value is -1.68. The number of carbonyl (C=O) groups is 1. The van der Waals surface area contributed by atoms with Gasteiger partial charge in [-0.1, -0.05) is 33.6 Å². The third kappa shape index (κ3) is 3.25. The molecule has 0 saturated carbocycles. The predicted octanol–water partition coefficient (Wildman–Crippen LogP) is 4.33. The van der Waals surface area contributed by atoms with Gasteiger partial charge in [-0.2, -0.15) is 0 Å². The van der Waals surface area contributed by atoms with Gasteiger partial charge >= 0.3 is 0 Å². The fraction of sp³-hybridized carbons (Fsp3) is 0.188. The van der Waals surface area contributed by atoms with Crippen LogP contribution in [-0.4, -0.2) is 12.9 Å². The van der Waals surface area contributed by atoms with E-state index < -0.39 is 5.82 Å². The van der Waals surface area contributed by atoms with E-state index in [0.717, 1.165) is 11.1 Å². The Morgan fingerprint density at radius 1 is 1.25 bits per heavy atom. The number of methoxy groups -OCH3 is 1. The fourth-order valence-electron chi connectivity index (χ4n) is 2.02. The fourth-order valence-corrected chi connectivity index (χ4v) is 2.49. The van der Waals surface area contributed by atoms with Crippen LogP contribution in [0.4, 0.5) is 4.39 Å². The van der Waals surface area contributed by atoms with Crippen molar-refractivity contribution in [2.75, 3.05) is 7.11 Å². The Morgan fingerprint density at radius 3 is 2.70 bits per heavy atom. The van der Waals surface area contributed by atoms with E-state index in [1.807, 2.05) is 25.1 Å². The van der Waals surface area contributed by atoms with E-state index in [2.05, 4.69) is 15.9 Å². The summed E-state index contributed by atoms with van der Waals surface area (Å²) in [6.07, 6.45) is 0.174. The molecule has 20 heavy (non-hydrogen) atoms. The predicted molar refractivity (Wildman–Crippen MR) is 79.9 cm³/mol. The average Bonchev–Trinajstić information content (AvgIpc) is 2.41. The van der Waals surface area contributed by atoms with E-state index in [9.17, 15) is 9.18 Å². The molecule has 0 heterocycles. The molecule has 0 bridgehead atoms. The highest BCUT2D eigenvalue weighted by atomic mass is 79.9. The molecule has 2 nitrogen and oxygen atoms in total. The summed E-state index contributed by atoms with van der Waals surface area (Å²) in [5.74, 6) is 0.0875. The Bertz CT molecular complexity index is 653. The zero-order chi connectivity index (χ0) is 14.7. The first-order valence-electron chi connectivity index (χ1n) is 6.13. The first-order chi connectivity index (χ1) is 9.51. The van der Waals surface area contributed by atoms with Crippen molar-refractivity contribution in [3.63, 3.8) is 0 Å². The molecular weight excluding hydrogens is 323 g/mol. The SMILES string of the molecule is COc1ccc(C)cc1CC(=O)c1cc(F)ccc1Br. The normalized spacial score (nSPS) is 10.4. The number of aryl methyl sites for hydroxylation is 1. The summed E-state index contributed by atoms with van der Waals surface area (Å²) in [5.41, 5.74) is 2.19. The maximum absolute atomic E-state index is 13.3. The Morgan fingerprint density at radius 2 is 2.00 bits per heavy atom. The molecule has 2 aromatic carbocycles. The van der Waals surface area contributed by atoms with Gasteiger partial charge in [0.05, 0.1) is 7.11 Å². The van der Waals surface area contributed by atoms with Crippen molar-refractivity contribution in [1.82, 2.24) is 0 Å². The molecular formula is C16H14BrFO2. The van der Waals surface area contributed by atoms with Crippen LogP contribution in [0.1, 0.15) is 21.5 Å². The molecule has 0 aliphatic heterocycles. The molecule has 0 aliphatic rings. The molecule has 104 valence electrons. The summed E-state index contributed by atoms with van der Waals surface area (Å²) in [6, 6.07) is 9.76. The maximum atomic E-state index is 13.3. The van der Waals surface area contributed by atoms with Crippen LogP contribution in [0.2, 0.25) is 0 Å². The molecule has 0 saturated heterocycles. The van der Waals surface area contributed by atoms with Gasteiger partial charge in [-0.3, -0.25) is 4.79 Å². The summed E-state index contributed by atoms with van der Waals surface area (Å²) in [4.78, 5) is 12.3. The summed E-state index contributed by atoms with van der Waals surface area (Å²) >= 11 is 3.28. The van der Waals surface area contributed by atoms with Gasteiger partial charge in [0, 0.05) is 22.0 Å². The van der Waals surface area contributed by atoms with E-state index in [4.69, 9.17) is 4.74 Å². The molecule has 0 radical (unpaired) electrons. The third-order valence-electron chi connectivity index (χ3n) is 3.02. The van der Waals surface area contributed by atoms with Gasteiger partial charge in [0.25, 0.3) is 0 Å². The van der Waals surface area contributed by atoms with E-state index in [0.29, 0.717) is 15.8 Å². The van der Waals surface area contributed by atoms with E-state index in [1.54, 1.807) is 7.11 Å². The zero-order valence-corrected chi connectivity index (χ0v) is 12.8. The van der Waals surface area contributed by atoms with E-state index >= 15 is 0 Å². The molecule has 0 unspecified atom stereocenters. The minimum Gasteiger partial charge on any atom is -0.496 e. The summed E-state index contributed by atoms with van der Waals surface area (Å²) < 4.78 is 19.1. The van der Waals surface area contributed by atoms with Gasteiger partial charge in [-0.15, -0.1) is 0 Å². The smallest absolute Gasteiger partial charge is 0.168 e. The molecule has 2 aromatic rings. The quantitative estimate of drug-likeness (QED) is 0.776. The number of rotatable bonds is 4. The lowest BCUT2D eigenvalue weighted by atomic mass is 10.0. The zero-order valence-electron chi connectivity index (χ0n) is 11.2. The lowest BCUT2D eigenvalue weighted by Crippen LogP contribution is -2.06. The standard InChI is InChI=1S/C16H14BrFO2/c1-10-3-6-16(20-2)11(7-10)8-15(19)13-9-12(18)4-5-14(13)17/h3-7,9H,8H2,1-2H3. The number of carbonyl (C=O) groups excluding carboxylic acids is 1. The van der Waals surface area contributed by atoms with Gasteiger partial charge in [-0.05, 0) is 31.2 Å². The molecule has 0 aromatic heterocycles. The molecule has 4 heteroatoms. The van der Waals surface area contributed by atoms with Crippen LogP contribution >= 0.6 is 15.9 Å². The van der Waals surface area contributed by atoms with Crippen LogP contribution in [0, 0.1) is 12.7 Å². The number of hydrogen-bond acceptors (Lipinski definition) is 2. The second-order valence-corrected chi connectivity index (χ2v) is 5.39. The minimum absolute atomic E-state index is 0.153. The highest BCUT2D eigenvalue weighted by Gasteiger charge is 2.14. The van der Waals surface area contributed by atoms with E-state index in [-0.39, 0.29) is 12.2 Å². The van der Waals surface area contributed by atoms with Gasteiger partial charge < -0.3 is 4.74 Å². The van der Waals surface area contributed by atoms with Crippen LogP contribution < -0.4 is 4.74 Å². The number of ketones is 1. The first-order valence-corrected chi connectivity index (χ1v) is 6.92. The molecule has 0 aliphatic carbocycles. The minimum atomic E-state index is -0.423. The highest BCUT2D eigenvalue weighted by Crippen LogP contribution is 2.24. The number of hydrogen-bond donors (Lipinski definition) is 0. The summed E-state index contributed by atoms with van der Waals surface area (Å²) in [5, 5.41) is 0. The molecule has 2 rings (SSSR count). The van der Waals surface area contributed by atoms with Crippen LogP contribution in [0.15, 0.2) is 40.9 Å². The molecule has 0 N–H and O–H groups in total. The van der Waals surface area contributed by atoms with Gasteiger partial charge in [0.1, 0.15) is 11.6 Å². The van der Waals surface area contributed by atoms with Crippen molar-refractivity contribution in [2.24, 2.45) is 0 Å². The molecule has 0 fully saturated rings. The van der Waals surface area contributed by atoms with Gasteiger partial charge in [-0.25, -0.2) is 4.39 Å². The largest absolute Gasteiger partial charge is 0.496 e. The number of ether oxygens (including phenoxy) is 1.